The van der Waals surface area contributed by atoms with Crippen LogP contribution in [-0.2, 0) is 29.1 Å². The van der Waals surface area contributed by atoms with Gasteiger partial charge in [-0.05, 0) is 0 Å². The molecule has 0 aromatic carbocycles. The largest absolute Gasteiger partial charge is 1.00 e. The summed E-state index contributed by atoms with van der Waals surface area (Å²) in [7, 11) is 6.16. The smallest absolute Gasteiger partial charge is 0.314 e. The van der Waals surface area contributed by atoms with Gasteiger partial charge in [0.2, 0.25) is 0 Å². The molecule has 0 fully saturated rings. The minimum absolute atomic E-state index is 0. The SMILES string of the molecule is C[N+](C)(C)CCO.O=C(O)CC(=O)O.[Cl-].[Zn]. The fraction of sp³-hybridized carbons (Fsp3) is 0.750. The Morgan fingerprint density at radius 3 is 1.38 bits per heavy atom. The molecule has 0 aliphatic rings. The van der Waals surface area contributed by atoms with Crippen LogP contribution in [-0.4, -0.2) is 66.0 Å². The van der Waals surface area contributed by atoms with Gasteiger partial charge in [-0.25, -0.2) is 0 Å². The molecule has 0 radical (unpaired) electrons. The molecule has 0 aromatic heterocycles. The van der Waals surface area contributed by atoms with E-state index in [-0.39, 0.29) is 38.5 Å². The van der Waals surface area contributed by atoms with Gasteiger partial charge in [0, 0.05) is 19.5 Å². The van der Waals surface area contributed by atoms with Crippen LogP contribution in [0.1, 0.15) is 6.42 Å². The summed E-state index contributed by atoms with van der Waals surface area (Å²) >= 11 is 0. The first kappa shape index (κ1) is 24.8. The number of rotatable bonds is 4. The average Bonchev–Trinajstić information content (AvgIpc) is 1.80. The first-order chi connectivity index (χ1) is 6.19. The van der Waals surface area contributed by atoms with E-state index in [9.17, 15) is 9.59 Å². The second kappa shape index (κ2) is 12.8. The van der Waals surface area contributed by atoms with Gasteiger partial charge in [0.15, 0.2) is 0 Å². The van der Waals surface area contributed by atoms with E-state index in [0.29, 0.717) is 0 Å². The number of hydrogen-bond acceptors (Lipinski definition) is 3. The third-order valence-corrected chi connectivity index (χ3v) is 1.07. The standard InChI is InChI=1S/C5H14NO.C3H4O4.ClH.Zn/c1-6(2,3)4-5-7;4-2(5)1-3(6)7;;/h7H,4-5H2,1-3H3;1H2,(H,4,5)(H,6,7);1H;/q+1;;;/p-1. The monoisotopic (exact) mass is 307 g/mol. The van der Waals surface area contributed by atoms with Crippen LogP contribution >= 0.6 is 0 Å². The first-order valence-corrected chi connectivity index (χ1v) is 4.04. The van der Waals surface area contributed by atoms with Gasteiger partial charge in [-0.2, -0.15) is 0 Å². The zero-order valence-corrected chi connectivity index (χ0v) is 13.5. The molecular formula is C8H18ClNO5Zn. The van der Waals surface area contributed by atoms with Crippen molar-refractivity contribution in [3.05, 3.63) is 0 Å². The van der Waals surface area contributed by atoms with Gasteiger partial charge < -0.3 is 32.2 Å². The number of likely N-dealkylation sites (N-methyl/N-ethyl adjacent to an activating group) is 1. The summed E-state index contributed by atoms with van der Waals surface area (Å²) in [6.45, 7) is 1.11. The summed E-state index contributed by atoms with van der Waals surface area (Å²) in [4.78, 5) is 18.9. The molecule has 0 aliphatic carbocycles. The van der Waals surface area contributed by atoms with Crippen molar-refractivity contribution in [3.8, 4) is 0 Å². The maximum absolute atomic E-state index is 9.43. The number of aliphatic hydroxyl groups is 1. The second-order valence-corrected chi connectivity index (χ2v) is 3.70. The van der Waals surface area contributed by atoms with E-state index in [1.54, 1.807) is 0 Å². The molecule has 0 saturated heterocycles. The predicted molar refractivity (Wildman–Crippen MR) is 49.9 cm³/mol. The topological polar surface area (TPSA) is 94.8 Å². The molecule has 0 spiro atoms. The average molecular weight is 309 g/mol. The number of carboxylic acids is 2. The molecule has 0 unspecified atom stereocenters. The van der Waals surface area contributed by atoms with Gasteiger partial charge >= 0.3 is 11.9 Å². The molecule has 0 bridgehead atoms. The molecule has 8 heteroatoms. The molecule has 3 N–H and O–H groups in total. The van der Waals surface area contributed by atoms with Crippen molar-refractivity contribution in [2.24, 2.45) is 0 Å². The molecule has 0 rings (SSSR count). The summed E-state index contributed by atoms with van der Waals surface area (Å²) < 4.78 is 0.844. The number of carboxylic acid groups (broad SMARTS) is 2. The number of hydrogen-bond donors (Lipinski definition) is 3. The van der Waals surface area contributed by atoms with Gasteiger partial charge in [-0.1, -0.05) is 0 Å². The Morgan fingerprint density at radius 2 is 1.38 bits per heavy atom. The van der Waals surface area contributed by atoms with E-state index < -0.39 is 18.4 Å². The number of carbonyl (C=O) groups is 2. The summed E-state index contributed by atoms with van der Waals surface area (Å²) in [6.07, 6.45) is -0.806. The van der Waals surface area contributed by atoms with Crippen molar-refractivity contribution < 1.29 is 61.3 Å². The van der Waals surface area contributed by atoms with E-state index in [1.165, 1.54) is 0 Å². The van der Waals surface area contributed by atoms with Crippen molar-refractivity contribution in [1.29, 1.82) is 0 Å². The summed E-state index contributed by atoms with van der Waals surface area (Å²) in [6, 6.07) is 0. The molecule has 0 atom stereocenters. The number of nitrogens with zero attached hydrogens (tertiary/aromatic N) is 1. The second-order valence-electron chi connectivity index (χ2n) is 3.70. The molecular weight excluding hydrogens is 291 g/mol. The van der Waals surface area contributed by atoms with E-state index in [0.717, 1.165) is 11.0 Å². The Balaban J connectivity index is -0.0000000800. The maximum Gasteiger partial charge on any atom is 0.314 e. The van der Waals surface area contributed by atoms with E-state index in [4.69, 9.17) is 15.3 Å². The van der Waals surface area contributed by atoms with Crippen LogP contribution in [0.5, 0.6) is 0 Å². The summed E-state index contributed by atoms with van der Waals surface area (Å²) in [5.74, 6) is -2.62. The Hall–Kier alpha value is -0.227. The van der Waals surface area contributed by atoms with Crippen molar-refractivity contribution >= 4 is 11.9 Å². The van der Waals surface area contributed by atoms with Crippen molar-refractivity contribution in [1.82, 2.24) is 0 Å². The Kier molecular flexibility index (Phi) is 19.9. The quantitative estimate of drug-likeness (QED) is 0.282. The summed E-state index contributed by atoms with van der Waals surface area (Å²) in [5, 5.41) is 23.8. The summed E-state index contributed by atoms with van der Waals surface area (Å²) in [5.41, 5.74) is 0. The number of aliphatic hydroxyl groups excluding tert-OH is 1. The van der Waals surface area contributed by atoms with E-state index in [1.807, 2.05) is 0 Å². The molecule has 16 heavy (non-hydrogen) atoms. The molecule has 0 amide bonds. The van der Waals surface area contributed by atoms with Gasteiger partial charge in [-0.15, -0.1) is 0 Å². The fourth-order valence-electron chi connectivity index (χ4n) is 0.429. The molecule has 0 heterocycles. The molecule has 0 saturated carbocycles. The van der Waals surface area contributed by atoms with E-state index >= 15 is 0 Å². The zero-order chi connectivity index (χ0) is 11.8. The molecule has 94 valence electrons. The van der Waals surface area contributed by atoms with Crippen LogP contribution in [0.4, 0.5) is 0 Å². The van der Waals surface area contributed by atoms with Crippen LogP contribution < -0.4 is 12.4 Å². The van der Waals surface area contributed by atoms with Crippen LogP contribution in [0.2, 0.25) is 0 Å². The molecule has 0 aliphatic heterocycles. The number of quaternary nitrogens is 1. The maximum atomic E-state index is 9.43. The van der Waals surface area contributed by atoms with Crippen LogP contribution in [0, 0.1) is 0 Å². The van der Waals surface area contributed by atoms with Crippen molar-refractivity contribution in [2.75, 3.05) is 34.3 Å². The normalized spacial score (nSPS) is 8.75. The van der Waals surface area contributed by atoms with Gasteiger partial charge in [-0.3, -0.25) is 9.59 Å². The van der Waals surface area contributed by atoms with Gasteiger partial charge in [0.1, 0.15) is 13.0 Å². The zero-order valence-electron chi connectivity index (χ0n) is 9.81. The van der Waals surface area contributed by atoms with Crippen molar-refractivity contribution in [2.45, 2.75) is 6.42 Å². The van der Waals surface area contributed by atoms with Crippen LogP contribution in [0.25, 0.3) is 0 Å². The third kappa shape index (κ3) is 37.2. The third-order valence-electron chi connectivity index (χ3n) is 1.07. The fourth-order valence-corrected chi connectivity index (χ4v) is 0.429. The minimum Gasteiger partial charge on any atom is -1.00 e. The Labute approximate surface area is 114 Å². The predicted octanol–water partition coefficient (Wildman–Crippen LogP) is -3.77. The molecule has 0 aromatic rings. The van der Waals surface area contributed by atoms with Crippen LogP contribution in [0.3, 0.4) is 0 Å². The minimum atomic E-state index is -1.31. The van der Waals surface area contributed by atoms with Gasteiger partial charge in [0.25, 0.3) is 0 Å². The van der Waals surface area contributed by atoms with Crippen molar-refractivity contribution in [3.63, 3.8) is 0 Å². The Bertz CT molecular complexity index is 183. The Morgan fingerprint density at radius 1 is 1.06 bits per heavy atom. The number of halogens is 1. The van der Waals surface area contributed by atoms with Gasteiger partial charge in [0.05, 0.1) is 27.7 Å². The van der Waals surface area contributed by atoms with Crippen LogP contribution in [0.15, 0.2) is 0 Å². The molecule has 6 nitrogen and oxygen atoms in total. The van der Waals surface area contributed by atoms with E-state index in [2.05, 4.69) is 21.1 Å². The number of aliphatic carboxylic acids is 2. The first-order valence-electron chi connectivity index (χ1n) is 4.04.